The second kappa shape index (κ2) is 9.92. The van der Waals surface area contributed by atoms with E-state index in [1.807, 2.05) is 4.90 Å². The van der Waals surface area contributed by atoms with Crippen LogP contribution in [-0.4, -0.2) is 61.1 Å². The van der Waals surface area contributed by atoms with Gasteiger partial charge in [0.1, 0.15) is 0 Å². The molecule has 0 radical (unpaired) electrons. The van der Waals surface area contributed by atoms with Gasteiger partial charge in [-0.15, -0.1) is 0 Å². The van der Waals surface area contributed by atoms with Crippen molar-refractivity contribution in [3.63, 3.8) is 0 Å². The van der Waals surface area contributed by atoms with Crippen LogP contribution in [0.2, 0.25) is 0 Å². The molecule has 2 saturated heterocycles. The van der Waals surface area contributed by atoms with E-state index in [1.165, 1.54) is 32.5 Å². The minimum absolute atomic E-state index is 0.0914. The second-order valence-corrected chi connectivity index (χ2v) is 8.14. The van der Waals surface area contributed by atoms with Crippen LogP contribution in [-0.2, 0) is 4.74 Å². The van der Waals surface area contributed by atoms with E-state index in [4.69, 9.17) is 4.74 Å². The molecule has 1 aromatic carbocycles. The Balaban J connectivity index is 1.45. The van der Waals surface area contributed by atoms with Crippen molar-refractivity contribution >= 4 is 17.7 Å². The lowest BCUT2D eigenvalue weighted by molar-refractivity contribution is 0.0526. The molecule has 0 aromatic heterocycles. The van der Waals surface area contributed by atoms with Crippen LogP contribution in [0.4, 0.5) is 10.5 Å². The van der Waals surface area contributed by atoms with Crippen molar-refractivity contribution in [3.05, 3.63) is 29.8 Å². The summed E-state index contributed by atoms with van der Waals surface area (Å²) < 4.78 is 5.02. The molecule has 0 atom stereocenters. The van der Waals surface area contributed by atoms with E-state index in [0.29, 0.717) is 23.8 Å². The maximum absolute atomic E-state index is 12.6. The number of urea groups is 1. The highest BCUT2D eigenvalue weighted by Crippen LogP contribution is 2.23. The molecule has 2 amide bonds. The quantitative estimate of drug-likeness (QED) is 0.780. The molecular formula is C22H33N3O3. The normalized spacial score (nSPS) is 19.4. The molecule has 0 unspecified atom stereocenters. The molecule has 28 heavy (non-hydrogen) atoms. The van der Waals surface area contributed by atoms with Crippen LogP contribution < -0.4 is 5.32 Å². The molecule has 3 rings (SSSR count). The summed E-state index contributed by atoms with van der Waals surface area (Å²) in [6.45, 7) is 9.65. The fraction of sp³-hybridized carbons (Fsp3) is 0.636. The Morgan fingerprint density at radius 2 is 1.82 bits per heavy atom. The van der Waals surface area contributed by atoms with Crippen LogP contribution in [0.15, 0.2) is 24.3 Å². The Labute approximate surface area is 168 Å². The number of rotatable bonds is 5. The number of piperidine rings is 2. The average molecular weight is 388 g/mol. The molecule has 0 bridgehead atoms. The van der Waals surface area contributed by atoms with Crippen LogP contribution in [0.5, 0.6) is 0 Å². The van der Waals surface area contributed by atoms with Gasteiger partial charge >= 0.3 is 12.0 Å². The summed E-state index contributed by atoms with van der Waals surface area (Å²) in [4.78, 5) is 28.9. The van der Waals surface area contributed by atoms with Gasteiger partial charge in [-0.25, -0.2) is 9.59 Å². The molecule has 2 aliphatic heterocycles. The monoisotopic (exact) mass is 387 g/mol. The first-order chi connectivity index (χ1) is 13.5. The molecule has 1 N–H and O–H groups in total. The Morgan fingerprint density at radius 3 is 2.50 bits per heavy atom. The first kappa shape index (κ1) is 20.6. The molecule has 6 heteroatoms. The van der Waals surface area contributed by atoms with Gasteiger partial charge in [-0.3, -0.25) is 0 Å². The summed E-state index contributed by atoms with van der Waals surface area (Å²) in [5.41, 5.74) is 1.08. The minimum atomic E-state index is -0.369. The SMILES string of the molecule is CCOC(=O)c1cccc(NC(=O)N2CCC(CN3CCC(C)CC3)CC2)c1. The number of hydrogen-bond donors (Lipinski definition) is 1. The maximum Gasteiger partial charge on any atom is 0.338 e. The van der Waals surface area contributed by atoms with E-state index in [2.05, 4.69) is 17.1 Å². The Hall–Kier alpha value is -2.08. The summed E-state index contributed by atoms with van der Waals surface area (Å²) in [6, 6.07) is 6.82. The van der Waals surface area contributed by atoms with Crippen molar-refractivity contribution in [3.8, 4) is 0 Å². The maximum atomic E-state index is 12.6. The van der Waals surface area contributed by atoms with Crippen LogP contribution in [0.3, 0.4) is 0 Å². The average Bonchev–Trinajstić information content (AvgIpc) is 2.70. The van der Waals surface area contributed by atoms with Crippen LogP contribution in [0, 0.1) is 11.8 Å². The smallest absolute Gasteiger partial charge is 0.338 e. The van der Waals surface area contributed by atoms with Gasteiger partial charge < -0.3 is 19.9 Å². The van der Waals surface area contributed by atoms with E-state index in [0.717, 1.165) is 31.8 Å². The third-order valence-corrected chi connectivity index (χ3v) is 5.92. The fourth-order valence-corrected chi connectivity index (χ4v) is 4.07. The Kier molecular flexibility index (Phi) is 7.31. The molecule has 0 saturated carbocycles. The number of amides is 2. The largest absolute Gasteiger partial charge is 0.462 e. The first-order valence-electron chi connectivity index (χ1n) is 10.6. The van der Waals surface area contributed by atoms with Gasteiger partial charge in [0.15, 0.2) is 0 Å². The van der Waals surface area contributed by atoms with Gasteiger partial charge in [0.2, 0.25) is 0 Å². The van der Waals surface area contributed by atoms with Crippen LogP contribution in [0.25, 0.3) is 0 Å². The van der Waals surface area contributed by atoms with Gasteiger partial charge in [0.05, 0.1) is 12.2 Å². The highest BCUT2D eigenvalue weighted by Gasteiger charge is 2.25. The summed E-state index contributed by atoms with van der Waals surface area (Å²) >= 11 is 0. The lowest BCUT2D eigenvalue weighted by atomic mass is 9.93. The van der Waals surface area contributed by atoms with Crippen molar-refractivity contribution in [1.29, 1.82) is 0 Å². The number of ether oxygens (including phenoxy) is 1. The third kappa shape index (κ3) is 5.71. The topological polar surface area (TPSA) is 61.9 Å². The highest BCUT2D eigenvalue weighted by molar-refractivity contribution is 5.94. The fourth-order valence-electron chi connectivity index (χ4n) is 4.07. The predicted molar refractivity (Wildman–Crippen MR) is 111 cm³/mol. The number of likely N-dealkylation sites (tertiary alicyclic amines) is 2. The van der Waals surface area contributed by atoms with Gasteiger partial charge in [-0.1, -0.05) is 13.0 Å². The number of nitrogens with one attached hydrogen (secondary N) is 1. The zero-order chi connectivity index (χ0) is 19.9. The summed E-state index contributed by atoms with van der Waals surface area (Å²) in [7, 11) is 0. The summed E-state index contributed by atoms with van der Waals surface area (Å²) in [5, 5.41) is 2.92. The molecule has 6 nitrogen and oxygen atoms in total. The van der Waals surface area contributed by atoms with E-state index in [9.17, 15) is 9.59 Å². The van der Waals surface area contributed by atoms with Crippen molar-refractivity contribution in [2.24, 2.45) is 11.8 Å². The van der Waals surface area contributed by atoms with E-state index >= 15 is 0 Å². The molecule has 2 heterocycles. The van der Waals surface area contributed by atoms with Gasteiger partial charge in [-0.2, -0.15) is 0 Å². The predicted octanol–water partition coefficient (Wildman–Crippen LogP) is 3.84. The Morgan fingerprint density at radius 1 is 1.11 bits per heavy atom. The highest BCUT2D eigenvalue weighted by atomic mass is 16.5. The number of nitrogens with zero attached hydrogens (tertiary/aromatic N) is 2. The zero-order valence-electron chi connectivity index (χ0n) is 17.2. The number of hydrogen-bond acceptors (Lipinski definition) is 4. The molecule has 0 spiro atoms. The third-order valence-electron chi connectivity index (χ3n) is 5.92. The van der Waals surface area contributed by atoms with Gasteiger partial charge in [0, 0.05) is 25.3 Å². The molecular weight excluding hydrogens is 354 g/mol. The molecule has 2 aliphatic rings. The number of benzene rings is 1. The van der Waals surface area contributed by atoms with E-state index < -0.39 is 0 Å². The van der Waals surface area contributed by atoms with Gasteiger partial charge in [0.25, 0.3) is 0 Å². The van der Waals surface area contributed by atoms with Crippen molar-refractivity contribution in [2.75, 3.05) is 44.6 Å². The van der Waals surface area contributed by atoms with Crippen LogP contribution in [0.1, 0.15) is 49.9 Å². The van der Waals surface area contributed by atoms with Crippen LogP contribution >= 0.6 is 0 Å². The van der Waals surface area contributed by atoms with E-state index in [-0.39, 0.29) is 12.0 Å². The zero-order valence-corrected chi connectivity index (χ0v) is 17.2. The van der Waals surface area contributed by atoms with Crippen molar-refractivity contribution in [2.45, 2.75) is 39.5 Å². The second-order valence-electron chi connectivity index (χ2n) is 8.14. The number of carbonyl (C=O) groups is 2. The number of esters is 1. The first-order valence-corrected chi connectivity index (χ1v) is 10.6. The van der Waals surface area contributed by atoms with Crippen molar-refractivity contribution in [1.82, 2.24) is 9.80 Å². The van der Waals surface area contributed by atoms with Crippen molar-refractivity contribution < 1.29 is 14.3 Å². The molecule has 0 aliphatic carbocycles. The number of carbonyl (C=O) groups excluding carboxylic acids is 2. The lowest BCUT2D eigenvalue weighted by Crippen LogP contribution is -2.44. The summed E-state index contributed by atoms with van der Waals surface area (Å²) in [6.07, 6.45) is 4.74. The summed E-state index contributed by atoms with van der Waals surface area (Å²) in [5.74, 6) is 1.18. The number of anilines is 1. The lowest BCUT2D eigenvalue weighted by Gasteiger charge is -2.37. The molecule has 1 aromatic rings. The standard InChI is InChI=1S/C22H33N3O3/c1-3-28-21(26)19-5-4-6-20(15-19)23-22(27)25-13-9-18(10-14-25)16-24-11-7-17(2)8-12-24/h4-6,15,17-18H,3,7-14,16H2,1-2H3,(H,23,27). The van der Waals surface area contributed by atoms with E-state index in [1.54, 1.807) is 31.2 Å². The van der Waals surface area contributed by atoms with Gasteiger partial charge in [-0.05, 0) is 75.7 Å². The Bertz CT molecular complexity index is 663. The minimum Gasteiger partial charge on any atom is -0.462 e. The molecule has 154 valence electrons. The molecule has 2 fully saturated rings.